The van der Waals surface area contributed by atoms with E-state index in [4.69, 9.17) is 4.74 Å². The molecule has 0 aliphatic carbocycles. The Labute approximate surface area is 201 Å². The zero-order chi connectivity index (χ0) is 24.9. The molecule has 11 heteroatoms. The molecular weight excluding hydrogens is 450 g/mol. The van der Waals surface area contributed by atoms with Gasteiger partial charge in [0.25, 0.3) is 5.56 Å². The monoisotopic (exact) mass is 477 g/mol. The molecule has 0 aliphatic heterocycles. The predicted octanol–water partition coefficient (Wildman–Crippen LogP) is 1.28. The molecule has 1 atom stereocenters. The minimum Gasteiger partial charge on any atom is -0.491 e. The molecule has 0 bridgehead atoms. The summed E-state index contributed by atoms with van der Waals surface area (Å²) in [4.78, 5) is 33.8. The number of pyridine rings is 1. The molecular formula is C24H27N7O4. The van der Waals surface area contributed by atoms with E-state index in [1.807, 2.05) is 24.3 Å². The molecule has 4 rings (SSSR count). The van der Waals surface area contributed by atoms with Crippen LogP contribution in [0, 0.1) is 0 Å². The van der Waals surface area contributed by atoms with Crippen molar-refractivity contribution >= 4 is 23.3 Å². The van der Waals surface area contributed by atoms with Crippen LogP contribution in [-0.4, -0.2) is 47.7 Å². The predicted molar refractivity (Wildman–Crippen MR) is 133 cm³/mol. The summed E-state index contributed by atoms with van der Waals surface area (Å²) in [6.07, 6.45) is 4.76. The fraction of sp³-hybridized carbons (Fsp3) is 0.292. The van der Waals surface area contributed by atoms with Crippen LogP contribution in [0.25, 0.3) is 11.2 Å². The Balaban J connectivity index is 1.64. The molecule has 35 heavy (non-hydrogen) atoms. The fourth-order valence-corrected chi connectivity index (χ4v) is 3.63. The van der Waals surface area contributed by atoms with Crippen molar-refractivity contribution in [2.45, 2.75) is 26.0 Å². The van der Waals surface area contributed by atoms with E-state index >= 15 is 0 Å². The molecule has 1 unspecified atom stereocenters. The number of ether oxygens (including phenoxy) is 1. The number of hydrogen-bond acceptors (Lipinski definition) is 8. The third-order valence-electron chi connectivity index (χ3n) is 5.57. The maximum absolute atomic E-state index is 13.0. The quantitative estimate of drug-likeness (QED) is 0.274. The number of benzene rings is 1. The Morgan fingerprint density at radius 2 is 1.94 bits per heavy atom. The van der Waals surface area contributed by atoms with Crippen LogP contribution in [0.15, 0.2) is 63.5 Å². The van der Waals surface area contributed by atoms with Gasteiger partial charge in [0, 0.05) is 26.5 Å². The van der Waals surface area contributed by atoms with E-state index in [0.717, 1.165) is 22.1 Å². The Kier molecular flexibility index (Phi) is 7.06. The Bertz CT molecular complexity index is 1470. The molecule has 0 saturated heterocycles. The number of aliphatic hydroxyl groups is 1. The first-order chi connectivity index (χ1) is 16.9. The lowest BCUT2D eigenvalue weighted by atomic mass is 10.2. The number of nitrogens with one attached hydrogen (secondary N) is 1. The highest BCUT2D eigenvalue weighted by Gasteiger charge is 2.21. The summed E-state index contributed by atoms with van der Waals surface area (Å²) < 4.78 is 9.57. The van der Waals surface area contributed by atoms with Crippen molar-refractivity contribution in [2.75, 3.05) is 12.0 Å². The largest absolute Gasteiger partial charge is 0.491 e. The number of hydrazone groups is 1. The van der Waals surface area contributed by atoms with Gasteiger partial charge in [-0.3, -0.25) is 18.9 Å². The summed E-state index contributed by atoms with van der Waals surface area (Å²) >= 11 is 0. The zero-order valence-electron chi connectivity index (χ0n) is 19.8. The van der Waals surface area contributed by atoms with Gasteiger partial charge in [0.05, 0.1) is 12.8 Å². The number of anilines is 1. The molecule has 0 fully saturated rings. The number of aromatic nitrogens is 5. The normalized spacial score (nSPS) is 12.3. The summed E-state index contributed by atoms with van der Waals surface area (Å²) in [5, 5.41) is 15.0. The van der Waals surface area contributed by atoms with Crippen molar-refractivity contribution in [3.8, 4) is 5.75 Å². The molecule has 2 N–H and O–H groups in total. The standard InChI is InChI=1S/C24H27N7O4/c1-4-16-6-5-7-19(12-16)35-15-18(32)14-31-20-21(29(2)24(34)30(3)22(20)33)27-23(31)28-26-13-17-8-10-25-11-9-17/h5-13,18,32H,4,14-15H2,1-3H3,(H,27,28). The summed E-state index contributed by atoms with van der Waals surface area (Å²) in [6.45, 7) is 2.04. The SMILES string of the molecule is CCc1cccc(OCC(O)Cn2c(NN=Cc3ccncc3)nc3c2c(=O)n(C)c(=O)n3C)c1. The van der Waals surface area contributed by atoms with E-state index in [0.29, 0.717) is 5.75 Å². The van der Waals surface area contributed by atoms with E-state index in [2.05, 4.69) is 27.4 Å². The van der Waals surface area contributed by atoms with Crippen molar-refractivity contribution in [1.82, 2.24) is 23.7 Å². The molecule has 4 aromatic rings. The van der Waals surface area contributed by atoms with Gasteiger partial charge in [-0.15, -0.1) is 0 Å². The maximum atomic E-state index is 13.0. The first kappa shape index (κ1) is 23.9. The van der Waals surface area contributed by atoms with Crippen LogP contribution in [0.1, 0.15) is 18.1 Å². The van der Waals surface area contributed by atoms with Crippen molar-refractivity contribution < 1.29 is 9.84 Å². The van der Waals surface area contributed by atoms with Crippen LogP contribution < -0.4 is 21.4 Å². The smallest absolute Gasteiger partial charge is 0.332 e. The van der Waals surface area contributed by atoms with Gasteiger partial charge in [-0.25, -0.2) is 10.2 Å². The highest BCUT2D eigenvalue weighted by atomic mass is 16.5. The summed E-state index contributed by atoms with van der Waals surface area (Å²) in [5.74, 6) is 0.855. The van der Waals surface area contributed by atoms with E-state index in [1.165, 1.54) is 23.2 Å². The van der Waals surface area contributed by atoms with Gasteiger partial charge in [0.1, 0.15) is 18.5 Å². The van der Waals surface area contributed by atoms with Crippen LogP contribution in [0.2, 0.25) is 0 Å². The lowest BCUT2D eigenvalue weighted by Gasteiger charge is -2.15. The van der Waals surface area contributed by atoms with Gasteiger partial charge >= 0.3 is 5.69 Å². The van der Waals surface area contributed by atoms with Gasteiger partial charge in [-0.2, -0.15) is 10.1 Å². The molecule has 0 spiro atoms. The van der Waals surface area contributed by atoms with Crippen LogP contribution >= 0.6 is 0 Å². The number of hydrogen-bond donors (Lipinski definition) is 2. The van der Waals surface area contributed by atoms with Gasteiger partial charge < -0.3 is 14.4 Å². The average Bonchev–Trinajstić information content (AvgIpc) is 3.23. The van der Waals surface area contributed by atoms with Gasteiger partial charge in [0.15, 0.2) is 11.2 Å². The van der Waals surface area contributed by atoms with E-state index in [1.54, 1.807) is 30.7 Å². The summed E-state index contributed by atoms with van der Waals surface area (Å²) in [5.41, 5.74) is 4.09. The molecule has 1 aromatic carbocycles. The molecule has 3 aromatic heterocycles. The van der Waals surface area contributed by atoms with Crippen LogP contribution in [0.3, 0.4) is 0 Å². The molecule has 0 radical (unpaired) electrons. The number of nitrogens with zero attached hydrogens (tertiary/aromatic N) is 6. The third-order valence-corrected chi connectivity index (χ3v) is 5.57. The van der Waals surface area contributed by atoms with E-state index in [-0.39, 0.29) is 30.3 Å². The van der Waals surface area contributed by atoms with E-state index in [9.17, 15) is 14.7 Å². The van der Waals surface area contributed by atoms with Crippen molar-refractivity contribution in [3.63, 3.8) is 0 Å². The molecule has 3 heterocycles. The van der Waals surface area contributed by atoms with Crippen molar-refractivity contribution in [1.29, 1.82) is 0 Å². The second-order valence-corrected chi connectivity index (χ2v) is 8.04. The molecule has 11 nitrogen and oxygen atoms in total. The number of rotatable bonds is 9. The molecule has 0 saturated carbocycles. The summed E-state index contributed by atoms with van der Waals surface area (Å²) in [7, 11) is 2.93. The molecule has 0 aliphatic rings. The fourth-order valence-electron chi connectivity index (χ4n) is 3.63. The number of aliphatic hydroxyl groups excluding tert-OH is 1. The molecule has 182 valence electrons. The van der Waals surface area contributed by atoms with Gasteiger partial charge in [-0.05, 0) is 41.8 Å². The average molecular weight is 478 g/mol. The topological polar surface area (TPSA) is 129 Å². The Hall–Kier alpha value is -4.25. The van der Waals surface area contributed by atoms with Crippen LogP contribution in [-0.2, 0) is 27.1 Å². The number of aryl methyl sites for hydroxylation is 2. The Morgan fingerprint density at radius 1 is 1.17 bits per heavy atom. The second-order valence-electron chi connectivity index (χ2n) is 8.04. The van der Waals surface area contributed by atoms with Crippen LogP contribution in [0.4, 0.5) is 5.95 Å². The van der Waals surface area contributed by atoms with E-state index < -0.39 is 17.4 Å². The minimum absolute atomic E-state index is 0.00135. The lowest BCUT2D eigenvalue weighted by Crippen LogP contribution is -2.38. The highest BCUT2D eigenvalue weighted by molar-refractivity contribution is 5.80. The van der Waals surface area contributed by atoms with Crippen LogP contribution in [0.5, 0.6) is 5.75 Å². The third kappa shape index (κ3) is 5.14. The number of imidazole rings is 1. The number of fused-ring (bicyclic) bond motifs is 1. The zero-order valence-corrected chi connectivity index (χ0v) is 19.8. The molecule has 0 amide bonds. The first-order valence-electron chi connectivity index (χ1n) is 11.1. The lowest BCUT2D eigenvalue weighted by molar-refractivity contribution is 0.0938. The second kappa shape index (κ2) is 10.3. The minimum atomic E-state index is -0.968. The maximum Gasteiger partial charge on any atom is 0.332 e. The first-order valence-corrected chi connectivity index (χ1v) is 11.1. The highest BCUT2D eigenvalue weighted by Crippen LogP contribution is 2.18. The van der Waals surface area contributed by atoms with Gasteiger partial charge in [-0.1, -0.05) is 19.1 Å². The Morgan fingerprint density at radius 3 is 2.69 bits per heavy atom. The van der Waals surface area contributed by atoms with Gasteiger partial charge in [0.2, 0.25) is 5.95 Å². The van der Waals surface area contributed by atoms with Crippen molar-refractivity contribution in [3.05, 3.63) is 80.8 Å². The van der Waals surface area contributed by atoms with Crippen molar-refractivity contribution in [2.24, 2.45) is 19.2 Å². The summed E-state index contributed by atoms with van der Waals surface area (Å²) in [6, 6.07) is 11.2.